The standard InChI is InChI=1S/C20H23F2N4O7PS/c1-12(19(27)26-20(23)24)9-13-10-16(21)18(17(22)11-13)33-14-3-5-15(6-4-14)35(31,32)25-7-2-8-34(28,29)30/h3-6,9-11,25H,2,7-8H2,1H3,(H2,28,29,30)(H4,23,24,26,27). The number of guanidine groups is 1. The highest BCUT2D eigenvalue weighted by molar-refractivity contribution is 7.89. The maximum absolute atomic E-state index is 14.5. The largest absolute Gasteiger partial charge is 0.451 e. The zero-order valence-electron chi connectivity index (χ0n) is 18.3. The van der Waals surface area contributed by atoms with E-state index in [1.54, 1.807) is 0 Å². The molecule has 190 valence electrons. The number of sulfonamides is 1. The van der Waals surface area contributed by atoms with Gasteiger partial charge in [0, 0.05) is 12.1 Å². The third kappa shape index (κ3) is 8.85. The van der Waals surface area contributed by atoms with Crippen LogP contribution in [0.2, 0.25) is 0 Å². The molecule has 0 aromatic heterocycles. The van der Waals surface area contributed by atoms with Crippen LogP contribution in [0, 0.1) is 11.6 Å². The molecule has 0 saturated heterocycles. The SMILES string of the molecule is CC(=Cc1cc(F)c(Oc2ccc(S(=O)(=O)NCCCP(=O)(O)O)cc2)c(F)c1)C(=O)N=C(N)N. The maximum Gasteiger partial charge on any atom is 0.325 e. The van der Waals surface area contributed by atoms with E-state index < -0.39 is 53.0 Å². The van der Waals surface area contributed by atoms with Crippen molar-refractivity contribution in [2.45, 2.75) is 18.2 Å². The molecule has 0 radical (unpaired) electrons. The lowest BCUT2D eigenvalue weighted by atomic mass is 10.1. The van der Waals surface area contributed by atoms with Gasteiger partial charge < -0.3 is 26.0 Å². The van der Waals surface area contributed by atoms with Crippen molar-refractivity contribution < 1.29 is 41.1 Å². The third-order valence-electron chi connectivity index (χ3n) is 4.24. The van der Waals surface area contributed by atoms with Gasteiger partial charge in [0.15, 0.2) is 23.3 Å². The van der Waals surface area contributed by atoms with Crippen molar-refractivity contribution in [3.63, 3.8) is 0 Å². The van der Waals surface area contributed by atoms with Gasteiger partial charge in [0.25, 0.3) is 5.91 Å². The molecular formula is C20H23F2N4O7PS. The van der Waals surface area contributed by atoms with Gasteiger partial charge in [-0.2, -0.15) is 4.99 Å². The summed E-state index contributed by atoms with van der Waals surface area (Å²) >= 11 is 0. The number of hydrogen-bond acceptors (Lipinski definition) is 5. The Morgan fingerprint density at radius 2 is 1.74 bits per heavy atom. The van der Waals surface area contributed by atoms with E-state index in [0.29, 0.717) is 0 Å². The summed E-state index contributed by atoms with van der Waals surface area (Å²) in [6.07, 6.45) is 0.633. The molecule has 15 heteroatoms. The zero-order chi connectivity index (χ0) is 26.4. The Kier molecular flexibility index (Phi) is 9.24. The summed E-state index contributed by atoms with van der Waals surface area (Å²) in [5.74, 6) is -4.22. The minimum absolute atomic E-state index is 0.00950. The average molecular weight is 532 g/mol. The molecule has 0 saturated carbocycles. The predicted molar refractivity (Wildman–Crippen MR) is 124 cm³/mol. The van der Waals surface area contributed by atoms with Gasteiger partial charge in [-0.3, -0.25) is 9.36 Å². The van der Waals surface area contributed by atoms with E-state index in [2.05, 4.69) is 9.71 Å². The number of rotatable bonds is 10. The Morgan fingerprint density at radius 1 is 1.17 bits per heavy atom. The highest BCUT2D eigenvalue weighted by Gasteiger charge is 2.18. The van der Waals surface area contributed by atoms with Gasteiger partial charge in [0.1, 0.15) is 5.75 Å². The monoisotopic (exact) mass is 532 g/mol. The number of ether oxygens (including phenoxy) is 1. The van der Waals surface area contributed by atoms with Crippen LogP contribution in [0.15, 0.2) is 51.9 Å². The van der Waals surface area contributed by atoms with Crippen LogP contribution in [-0.2, 0) is 19.4 Å². The molecule has 2 rings (SSSR count). The summed E-state index contributed by atoms with van der Waals surface area (Å²) in [5, 5.41) is 0. The smallest absolute Gasteiger partial charge is 0.325 e. The van der Waals surface area contributed by atoms with Crippen molar-refractivity contribution in [2.75, 3.05) is 12.7 Å². The summed E-state index contributed by atoms with van der Waals surface area (Å²) in [4.78, 5) is 32.5. The van der Waals surface area contributed by atoms with Crippen molar-refractivity contribution in [1.29, 1.82) is 0 Å². The highest BCUT2D eigenvalue weighted by Crippen LogP contribution is 2.34. The van der Waals surface area contributed by atoms with Gasteiger partial charge in [-0.25, -0.2) is 21.9 Å². The average Bonchev–Trinajstić information content (AvgIpc) is 2.73. The molecule has 0 bridgehead atoms. The molecule has 0 atom stereocenters. The lowest BCUT2D eigenvalue weighted by molar-refractivity contribution is -0.114. The Hall–Kier alpha value is -3.16. The Bertz CT molecular complexity index is 1280. The van der Waals surface area contributed by atoms with Crippen LogP contribution < -0.4 is 20.9 Å². The highest BCUT2D eigenvalue weighted by atomic mass is 32.2. The fraction of sp³-hybridized carbons (Fsp3) is 0.200. The Balaban J connectivity index is 2.13. The lowest BCUT2D eigenvalue weighted by Gasteiger charge is -2.11. The number of benzene rings is 2. The molecule has 0 spiro atoms. The van der Waals surface area contributed by atoms with E-state index >= 15 is 0 Å². The number of carbonyl (C=O) groups is 1. The second kappa shape index (κ2) is 11.5. The number of hydrogen-bond donors (Lipinski definition) is 5. The van der Waals surface area contributed by atoms with Gasteiger partial charge in [-0.05, 0) is 61.4 Å². The molecular weight excluding hydrogens is 509 g/mol. The summed E-state index contributed by atoms with van der Waals surface area (Å²) < 4.78 is 71.7. The van der Waals surface area contributed by atoms with Gasteiger partial charge in [-0.15, -0.1) is 0 Å². The van der Waals surface area contributed by atoms with Crippen LogP contribution in [0.1, 0.15) is 18.9 Å². The second-order valence-corrected chi connectivity index (χ2v) is 10.7. The van der Waals surface area contributed by atoms with Crippen molar-refractivity contribution in [3.05, 3.63) is 59.2 Å². The van der Waals surface area contributed by atoms with E-state index in [-0.39, 0.29) is 34.7 Å². The third-order valence-corrected chi connectivity index (χ3v) is 6.62. The van der Waals surface area contributed by atoms with E-state index in [4.69, 9.17) is 26.0 Å². The zero-order valence-corrected chi connectivity index (χ0v) is 20.0. The molecule has 7 N–H and O–H groups in total. The molecule has 0 aliphatic carbocycles. The number of amides is 1. The summed E-state index contributed by atoms with van der Waals surface area (Å²) in [6, 6.07) is 6.46. The molecule has 0 fully saturated rings. The number of carbonyl (C=O) groups excluding carboxylic acids is 1. The first-order valence-electron chi connectivity index (χ1n) is 9.81. The van der Waals surface area contributed by atoms with Crippen molar-refractivity contribution in [1.82, 2.24) is 4.72 Å². The molecule has 11 nitrogen and oxygen atoms in total. The number of aliphatic imine (C=N–C) groups is 1. The van der Waals surface area contributed by atoms with E-state index in [0.717, 1.165) is 24.3 Å². The van der Waals surface area contributed by atoms with Gasteiger partial charge in [-0.1, -0.05) is 0 Å². The summed E-state index contributed by atoms with van der Waals surface area (Å²) in [6.45, 7) is 1.16. The molecule has 0 aliphatic heterocycles. The number of halogens is 2. The normalized spacial score (nSPS) is 12.3. The summed E-state index contributed by atoms with van der Waals surface area (Å²) in [5.41, 5.74) is 10.3. The predicted octanol–water partition coefficient (Wildman–Crippen LogP) is 1.81. The van der Waals surface area contributed by atoms with Gasteiger partial charge in [0.2, 0.25) is 10.0 Å². The van der Waals surface area contributed by atoms with Crippen LogP contribution in [0.4, 0.5) is 8.78 Å². The molecule has 0 aliphatic rings. The van der Waals surface area contributed by atoms with Crippen LogP contribution in [-0.4, -0.2) is 42.8 Å². The first-order valence-corrected chi connectivity index (χ1v) is 13.1. The number of nitrogens with one attached hydrogen (secondary N) is 1. The first-order chi connectivity index (χ1) is 16.2. The molecule has 2 aromatic rings. The van der Waals surface area contributed by atoms with Gasteiger partial charge in [0.05, 0.1) is 11.1 Å². The van der Waals surface area contributed by atoms with E-state index in [1.807, 2.05) is 0 Å². The van der Waals surface area contributed by atoms with E-state index in [1.165, 1.54) is 25.1 Å². The van der Waals surface area contributed by atoms with Crippen molar-refractivity contribution >= 4 is 35.6 Å². The number of nitrogens with two attached hydrogens (primary N) is 2. The molecule has 35 heavy (non-hydrogen) atoms. The Labute approximate surface area is 199 Å². The maximum atomic E-state index is 14.5. The molecule has 2 aromatic carbocycles. The summed E-state index contributed by atoms with van der Waals surface area (Å²) in [7, 11) is -8.21. The first kappa shape index (κ1) is 28.1. The van der Waals surface area contributed by atoms with E-state index in [9.17, 15) is 26.6 Å². The molecule has 0 unspecified atom stereocenters. The quantitative estimate of drug-likeness (QED) is 0.0997. The van der Waals surface area contributed by atoms with Crippen LogP contribution in [0.3, 0.4) is 0 Å². The second-order valence-electron chi connectivity index (χ2n) is 7.20. The van der Waals surface area contributed by atoms with Gasteiger partial charge >= 0.3 is 7.60 Å². The topological polar surface area (TPSA) is 194 Å². The van der Waals surface area contributed by atoms with Crippen molar-refractivity contribution in [3.8, 4) is 11.5 Å². The number of nitrogens with zero attached hydrogens (tertiary/aromatic N) is 1. The fourth-order valence-corrected chi connectivity index (χ4v) is 4.30. The molecule has 0 heterocycles. The lowest BCUT2D eigenvalue weighted by Crippen LogP contribution is -2.25. The van der Waals surface area contributed by atoms with Crippen LogP contribution in [0.25, 0.3) is 6.08 Å². The minimum atomic E-state index is -4.23. The van der Waals surface area contributed by atoms with Crippen molar-refractivity contribution in [2.24, 2.45) is 16.5 Å². The molecule has 1 amide bonds. The van der Waals surface area contributed by atoms with Crippen LogP contribution >= 0.6 is 7.60 Å². The minimum Gasteiger partial charge on any atom is -0.451 e. The van der Waals surface area contributed by atoms with Crippen LogP contribution in [0.5, 0.6) is 11.5 Å². The fourth-order valence-electron chi connectivity index (χ4n) is 2.66. The Morgan fingerprint density at radius 3 is 2.26 bits per heavy atom.